The number of rotatable bonds is 2. The van der Waals surface area contributed by atoms with E-state index in [0.29, 0.717) is 16.7 Å². The van der Waals surface area contributed by atoms with Crippen LogP contribution in [-0.2, 0) is 0 Å². The van der Waals surface area contributed by atoms with Gasteiger partial charge in [-0.2, -0.15) is 9.78 Å². The number of hydrogen-bond donors (Lipinski definition) is 2. The molecule has 2 rings (SSSR count). The minimum Gasteiger partial charge on any atom is -0.383 e. The van der Waals surface area contributed by atoms with Gasteiger partial charge in [0.2, 0.25) is 0 Å². The van der Waals surface area contributed by atoms with Crippen LogP contribution < -0.4 is 11.5 Å². The molecule has 2 heterocycles. The molecule has 4 N–H and O–H groups in total. The minimum absolute atomic E-state index is 0.202. The van der Waals surface area contributed by atoms with Crippen molar-refractivity contribution in [2.75, 3.05) is 13.1 Å². The summed E-state index contributed by atoms with van der Waals surface area (Å²) in [6.45, 7) is 1.70. The van der Waals surface area contributed by atoms with E-state index in [9.17, 15) is 0 Å². The molecule has 19 heavy (non-hydrogen) atoms. The van der Waals surface area contributed by atoms with Gasteiger partial charge in [-0.3, -0.25) is 0 Å². The van der Waals surface area contributed by atoms with Crippen molar-refractivity contribution in [2.24, 2.45) is 16.5 Å². The molecule has 6 nitrogen and oxygen atoms in total. The zero-order valence-corrected chi connectivity index (χ0v) is 14.4. The molecular weight excluding hydrogens is 446 g/mol. The zero-order valence-electron chi connectivity index (χ0n) is 9.93. The fourth-order valence-corrected chi connectivity index (χ4v) is 2.80. The van der Waals surface area contributed by atoms with E-state index in [1.165, 1.54) is 10.9 Å². The third-order valence-corrected chi connectivity index (χ3v) is 4.40. The average molecular weight is 460 g/mol. The number of likely N-dealkylation sites (tertiary alicyclic amines) is 1. The summed E-state index contributed by atoms with van der Waals surface area (Å²) in [5, 5.41) is 4.54. The lowest BCUT2D eigenvalue weighted by atomic mass is 10.3. The quantitative estimate of drug-likeness (QED) is 0.307. The summed E-state index contributed by atoms with van der Waals surface area (Å²) in [5.74, 6) is 0.924. The maximum atomic E-state index is 6.09. The SMILES string of the molecule is N/C(=C\Br)n1ncc(Cl)c1/N=C(\I)N1CC[C@H](N)C1. The van der Waals surface area contributed by atoms with Gasteiger partial charge in [-0.15, -0.1) is 0 Å². The topological polar surface area (TPSA) is 85.5 Å². The molecule has 0 unspecified atom stereocenters. The summed E-state index contributed by atoms with van der Waals surface area (Å²) in [6, 6.07) is 0.202. The van der Waals surface area contributed by atoms with Crippen LogP contribution in [0.25, 0.3) is 5.82 Å². The first-order chi connectivity index (χ1) is 9.02. The molecular formula is C10H13BrClIN6. The highest BCUT2D eigenvalue weighted by Crippen LogP contribution is 2.28. The van der Waals surface area contributed by atoms with Crippen molar-refractivity contribution in [1.82, 2.24) is 14.7 Å². The highest BCUT2D eigenvalue weighted by molar-refractivity contribution is 14.1. The average Bonchev–Trinajstić information content (AvgIpc) is 2.96. The fourth-order valence-electron chi connectivity index (χ4n) is 1.77. The molecule has 1 aromatic rings. The van der Waals surface area contributed by atoms with Gasteiger partial charge in [-0.05, 0) is 29.0 Å². The molecule has 0 bridgehead atoms. The van der Waals surface area contributed by atoms with Crippen LogP contribution >= 0.6 is 50.1 Å². The van der Waals surface area contributed by atoms with Gasteiger partial charge in [0.25, 0.3) is 0 Å². The first-order valence-electron chi connectivity index (χ1n) is 5.57. The third kappa shape index (κ3) is 3.41. The second-order valence-corrected chi connectivity index (χ2v) is 5.97. The van der Waals surface area contributed by atoms with E-state index in [0.717, 1.165) is 23.4 Å². The van der Waals surface area contributed by atoms with Crippen LogP contribution in [-0.4, -0.2) is 37.7 Å². The lowest BCUT2D eigenvalue weighted by molar-refractivity contribution is 0.522. The van der Waals surface area contributed by atoms with Crippen molar-refractivity contribution in [3.8, 4) is 0 Å². The molecule has 0 amide bonds. The predicted octanol–water partition coefficient (Wildman–Crippen LogP) is 2.10. The van der Waals surface area contributed by atoms with E-state index in [1.54, 1.807) is 4.99 Å². The van der Waals surface area contributed by atoms with Gasteiger partial charge in [0.05, 0.1) is 6.20 Å². The smallest absolute Gasteiger partial charge is 0.178 e. The Labute approximate surface area is 138 Å². The Bertz CT molecular complexity index is 528. The zero-order chi connectivity index (χ0) is 14.0. The van der Waals surface area contributed by atoms with Crippen LogP contribution in [0.4, 0.5) is 5.82 Å². The summed E-state index contributed by atoms with van der Waals surface area (Å²) >= 11 is 11.4. The maximum absolute atomic E-state index is 6.09. The molecule has 9 heteroatoms. The van der Waals surface area contributed by atoms with Crippen molar-refractivity contribution < 1.29 is 0 Å². The second kappa shape index (κ2) is 6.42. The molecule has 1 aromatic heterocycles. The Morgan fingerprint density at radius 2 is 2.42 bits per heavy atom. The molecule has 0 aliphatic carbocycles. The van der Waals surface area contributed by atoms with Crippen LogP contribution in [0.3, 0.4) is 0 Å². The number of aliphatic imine (C=N–C) groups is 1. The van der Waals surface area contributed by atoms with Gasteiger partial charge in [-0.1, -0.05) is 27.5 Å². The van der Waals surface area contributed by atoms with Crippen LogP contribution in [0.15, 0.2) is 16.2 Å². The second-order valence-electron chi connectivity index (χ2n) is 4.14. The molecule has 0 saturated carbocycles. The largest absolute Gasteiger partial charge is 0.383 e. The molecule has 1 fully saturated rings. The van der Waals surface area contributed by atoms with Crippen molar-refractivity contribution in [3.05, 3.63) is 16.2 Å². The summed E-state index contributed by atoms with van der Waals surface area (Å²) in [7, 11) is 0. The normalized spacial score (nSPS) is 21.3. The maximum Gasteiger partial charge on any atom is 0.178 e. The molecule has 0 spiro atoms. The standard InChI is InChI=1S/C10H13BrClIN6/c11-3-8(15)19-9(7(12)4-16-19)17-10(13)18-2-1-6(14)5-18/h3-4,6H,1-2,5,14-15H2/b8-3+,17-10+/t6-/m0/s1. The molecule has 104 valence electrons. The first-order valence-corrected chi connectivity index (χ1v) is 7.94. The monoisotopic (exact) mass is 458 g/mol. The molecule has 0 aromatic carbocycles. The van der Waals surface area contributed by atoms with Gasteiger partial charge < -0.3 is 16.4 Å². The van der Waals surface area contributed by atoms with Crippen LogP contribution in [0, 0.1) is 0 Å². The van der Waals surface area contributed by atoms with Crippen LogP contribution in [0.1, 0.15) is 6.42 Å². The van der Waals surface area contributed by atoms with Crippen LogP contribution in [0.2, 0.25) is 5.02 Å². The fraction of sp³-hybridized carbons (Fsp3) is 0.400. The van der Waals surface area contributed by atoms with Crippen LogP contribution in [0.5, 0.6) is 0 Å². The number of nitrogens with zero attached hydrogens (tertiary/aromatic N) is 4. The molecule has 1 saturated heterocycles. The molecule has 1 aliphatic heterocycles. The van der Waals surface area contributed by atoms with Gasteiger partial charge in [0, 0.05) is 24.1 Å². The van der Waals surface area contributed by atoms with E-state index in [4.69, 9.17) is 23.1 Å². The van der Waals surface area contributed by atoms with E-state index in [2.05, 4.69) is 53.5 Å². The molecule has 0 radical (unpaired) electrons. The Morgan fingerprint density at radius 1 is 1.68 bits per heavy atom. The highest BCUT2D eigenvalue weighted by atomic mass is 127. The molecule has 1 aliphatic rings. The number of nitrogens with two attached hydrogens (primary N) is 2. The van der Waals surface area contributed by atoms with Gasteiger partial charge in [0.15, 0.2) is 9.66 Å². The number of amidine groups is 1. The lowest BCUT2D eigenvalue weighted by Crippen LogP contribution is -2.28. The van der Waals surface area contributed by atoms with Crippen molar-refractivity contribution in [3.63, 3.8) is 0 Å². The predicted molar refractivity (Wildman–Crippen MR) is 89.9 cm³/mol. The number of aromatic nitrogens is 2. The summed E-state index contributed by atoms with van der Waals surface area (Å²) in [6.07, 6.45) is 2.49. The summed E-state index contributed by atoms with van der Waals surface area (Å²) < 4.78 is 2.31. The van der Waals surface area contributed by atoms with E-state index in [1.807, 2.05) is 0 Å². The Kier molecular flexibility index (Phi) is 5.09. The molecule has 1 atom stereocenters. The van der Waals surface area contributed by atoms with E-state index >= 15 is 0 Å². The summed E-state index contributed by atoms with van der Waals surface area (Å²) in [4.78, 5) is 8.19. The van der Waals surface area contributed by atoms with E-state index in [-0.39, 0.29) is 6.04 Å². The summed E-state index contributed by atoms with van der Waals surface area (Å²) in [5.41, 5.74) is 11.7. The van der Waals surface area contributed by atoms with Crippen molar-refractivity contribution in [1.29, 1.82) is 0 Å². The van der Waals surface area contributed by atoms with Crippen molar-refractivity contribution in [2.45, 2.75) is 12.5 Å². The first kappa shape index (κ1) is 15.1. The number of hydrogen-bond acceptors (Lipinski definition) is 4. The third-order valence-electron chi connectivity index (χ3n) is 2.74. The van der Waals surface area contributed by atoms with Gasteiger partial charge >= 0.3 is 0 Å². The van der Waals surface area contributed by atoms with E-state index < -0.39 is 0 Å². The van der Waals surface area contributed by atoms with Crippen molar-refractivity contribution >= 4 is 65.6 Å². The minimum atomic E-state index is 0.202. The van der Waals surface area contributed by atoms with Gasteiger partial charge in [-0.25, -0.2) is 4.99 Å². The Hall–Kier alpha value is -0.320. The Balaban J connectivity index is 2.29. The Morgan fingerprint density at radius 3 is 3.00 bits per heavy atom. The highest BCUT2D eigenvalue weighted by Gasteiger charge is 2.21. The van der Waals surface area contributed by atoms with Gasteiger partial charge in [0.1, 0.15) is 10.8 Å². The number of halogens is 3. The lowest BCUT2D eigenvalue weighted by Gasteiger charge is -2.15.